The summed E-state index contributed by atoms with van der Waals surface area (Å²) in [5, 5.41) is 9.06. The number of carbonyl (C=O) groups is 1. The van der Waals surface area contributed by atoms with Crippen molar-refractivity contribution in [3.8, 4) is 5.75 Å². The molecule has 26 heavy (non-hydrogen) atoms. The molecule has 0 saturated carbocycles. The minimum atomic E-state index is -0.321. The smallest absolute Gasteiger partial charge is 0.338 e. The Morgan fingerprint density at radius 1 is 1.38 bits per heavy atom. The van der Waals surface area contributed by atoms with Gasteiger partial charge in [-0.1, -0.05) is 11.3 Å². The largest absolute Gasteiger partial charge is 0.493 e. The molecule has 1 saturated heterocycles. The maximum Gasteiger partial charge on any atom is 0.338 e. The van der Waals surface area contributed by atoms with E-state index >= 15 is 0 Å². The Kier molecular flexibility index (Phi) is 6.81. The number of hydrogen-bond acceptors (Lipinski definition) is 8. The van der Waals surface area contributed by atoms with Crippen LogP contribution in [0.3, 0.4) is 0 Å². The molecule has 0 aliphatic carbocycles. The second kappa shape index (κ2) is 9.29. The Hall–Kier alpha value is -1.71. The fraction of sp³-hybridized carbons (Fsp3) is 0.471. The van der Waals surface area contributed by atoms with E-state index in [9.17, 15) is 4.79 Å². The third-order valence-electron chi connectivity index (χ3n) is 3.87. The molecular formula is C17H20BrN3O4S. The van der Waals surface area contributed by atoms with Gasteiger partial charge < -0.3 is 19.1 Å². The molecule has 2 heterocycles. The molecule has 3 rings (SSSR count). The first kappa shape index (κ1) is 19.1. The van der Waals surface area contributed by atoms with Gasteiger partial charge in [0.1, 0.15) is 5.75 Å². The summed E-state index contributed by atoms with van der Waals surface area (Å²) in [5.74, 6) is 0.400. The van der Waals surface area contributed by atoms with Crippen molar-refractivity contribution in [3.63, 3.8) is 0 Å². The number of anilines is 1. The summed E-state index contributed by atoms with van der Waals surface area (Å²) >= 11 is 4.86. The van der Waals surface area contributed by atoms with E-state index in [0.717, 1.165) is 34.3 Å². The van der Waals surface area contributed by atoms with Crippen LogP contribution in [-0.2, 0) is 9.47 Å². The highest BCUT2D eigenvalue weighted by Gasteiger charge is 2.23. The summed E-state index contributed by atoms with van der Waals surface area (Å²) in [6.07, 6.45) is 0.862. The number of aromatic nitrogens is 2. The van der Waals surface area contributed by atoms with E-state index in [0.29, 0.717) is 25.4 Å². The van der Waals surface area contributed by atoms with Gasteiger partial charge >= 0.3 is 5.97 Å². The topological polar surface area (TPSA) is 73.8 Å². The second-order valence-electron chi connectivity index (χ2n) is 5.66. The van der Waals surface area contributed by atoms with Gasteiger partial charge in [0, 0.05) is 19.5 Å². The van der Waals surface area contributed by atoms with Gasteiger partial charge in [-0.2, -0.15) is 0 Å². The first-order chi connectivity index (χ1) is 12.7. The van der Waals surface area contributed by atoms with E-state index in [4.69, 9.17) is 14.2 Å². The molecule has 1 aliphatic heterocycles. The summed E-state index contributed by atoms with van der Waals surface area (Å²) < 4.78 is 17.3. The zero-order chi connectivity index (χ0) is 18.4. The predicted octanol–water partition coefficient (Wildman–Crippen LogP) is 3.15. The summed E-state index contributed by atoms with van der Waals surface area (Å²) in [6.45, 7) is 4.94. The number of ether oxygens (including phenoxy) is 3. The number of carbonyl (C=O) groups excluding carboxylic acids is 1. The molecule has 2 aromatic rings. The molecule has 0 spiro atoms. The van der Waals surface area contributed by atoms with Crippen molar-refractivity contribution in [2.45, 2.75) is 19.4 Å². The normalized spacial score (nSPS) is 17.2. The lowest BCUT2D eigenvalue weighted by Crippen LogP contribution is -2.43. The Labute approximate surface area is 164 Å². The van der Waals surface area contributed by atoms with Crippen molar-refractivity contribution in [2.75, 3.05) is 37.8 Å². The van der Waals surface area contributed by atoms with Gasteiger partial charge in [0.25, 0.3) is 0 Å². The highest BCUT2D eigenvalue weighted by Crippen LogP contribution is 2.26. The van der Waals surface area contributed by atoms with Crippen LogP contribution in [0.1, 0.15) is 23.7 Å². The lowest BCUT2D eigenvalue weighted by molar-refractivity contribution is 0.0268. The molecule has 0 bridgehead atoms. The number of hydrogen-bond donors (Lipinski definition) is 0. The van der Waals surface area contributed by atoms with Crippen molar-refractivity contribution in [1.29, 1.82) is 0 Å². The number of rotatable bonds is 7. The number of nitrogens with zero attached hydrogens (tertiary/aromatic N) is 3. The molecule has 1 aromatic heterocycles. The molecular weight excluding hydrogens is 422 g/mol. The minimum Gasteiger partial charge on any atom is -0.493 e. The SMILES string of the molecule is CCOC(=O)c1ccc(OCCC2CN(c3nnc(Br)s3)CCO2)cc1. The van der Waals surface area contributed by atoms with Crippen LogP contribution in [0.4, 0.5) is 5.13 Å². The molecule has 140 valence electrons. The van der Waals surface area contributed by atoms with Crippen LogP contribution in [0.2, 0.25) is 0 Å². The Morgan fingerprint density at radius 2 is 2.19 bits per heavy atom. The zero-order valence-electron chi connectivity index (χ0n) is 14.4. The monoisotopic (exact) mass is 441 g/mol. The molecule has 1 unspecified atom stereocenters. The molecule has 0 radical (unpaired) electrons. The Bertz CT molecular complexity index is 725. The summed E-state index contributed by atoms with van der Waals surface area (Å²) in [5.41, 5.74) is 0.522. The van der Waals surface area contributed by atoms with Crippen LogP contribution in [0, 0.1) is 0 Å². The molecule has 9 heteroatoms. The highest BCUT2D eigenvalue weighted by molar-refractivity contribution is 9.11. The van der Waals surface area contributed by atoms with Gasteiger partial charge in [0.05, 0.1) is 31.5 Å². The first-order valence-electron chi connectivity index (χ1n) is 8.41. The standard InChI is InChI=1S/C17H20BrN3O4S/c1-2-23-15(22)12-3-5-13(6-4-12)24-9-7-14-11-21(8-10-25-14)17-20-19-16(18)26-17/h3-6,14H,2,7-11H2,1H3. The van der Waals surface area contributed by atoms with E-state index in [-0.39, 0.29) is 12.1 Å². The fourth-order valence-electron chi connectivity index (χ4n) is 2.60. The predicted molar refractivity (Wildman–Crippen MR) is 102 cm³/mol. The van der Waals surface area contributed by atoms with E-state index in [1.54, 1.807) is 31.2 Å². The molecule has 7 nitrogen and oxygen atoms in total. The Balaban J connectivity index is 1.45. The summed E-state index contributed by atoms with van der Waals surface area (Å²) in [6, 6.07) is 6.97. The van der Waals surface area contributed by atoms with Crippen LogP contribution in [0.25, 0.3) is 0 Å². The summed E-state index contributed by atoms with van der Waals surface area (Å²) in [7, 11) is 0. The van der Waals surface area contributed by atoms with Gasteiger partial charge in [-0.05, 0) is 47.1 Å². The number of morpholine rings is 1. The van der Waals surface area contributed by atoms with Crippen LogP contribution in [0.15, 0.2) is 28.2 Å². The number of esters is 1. The third-order valence-corrected chi connectivity index (χ3v) is 5.29. The van der Waals surface area contributed by atoms with E-state index < -0.39 is 0 Å². The highest BCUT2D eigenvalue weighted by atomic mass is 79.9. The van der Waals surface area contributed by atoms with Gasteiger partial charge in [-0.25, -0.2) is 4.79 Å². The lowest BCUT2D eigenvalue weighted by Gasteiger charge is -2.32. The van der Waals surface area contributed by atoms with Gasteiger partial charge in [0.15, 0.2) is 3.92 Å². The fourth-order valence-corrected chi connectivity index (χ4v) is 3.73. The molecule has 1 aromatic carbocycles. The van der Waals surface area contributed by atoms with Crippen LogP contribution in [0.5, 0.6) is 5.75 Å². The van der Waals surface area contributed by atoms with E-state index in [1.165, 1.54) is 11.3 Å². The molecule has 1 atom stereocenters. The van der Waals surface area contributed by atoms with Crippen molar-refractivity contribution < 1.29 is 19.0 Å². The molecule has 1 fully saturated rings. The van der Waals surface area contributed by atoms with Crippen molar-refractivity contribution in [1.82, 2.24) is 10.2 Å². The van der Waals surface area contributed by atoms with Crippen molar-refractivity contribution >= 4 is 38.4 Å². The summed E-state index contributed by atoms with van der Waals surface area (Å²) in [4.78, 5) is 13.8. The van der Waals surface area contributed by atoms with Gasteiger partial charge in [0.2, 0.25) is 5.13 Å². The van der Waals surface area contributed by atoms with Gasteiger partial charge in [-0.15, -0.1) is 10.2 Å². The molecule has 0 N–H and O–H groups in total. The van der Waals surface area contributed by atoms with Gasteiger partial charge in [-0.3, -0.25) is 0 Å². The maximum atomic E-state index is 11.6. The van der Waals surface area contributed by atoms with Crippen molar-refractivity contribution in [3.05, 3.63) is 33.7 Å². The van der Waals surface area contributed by atoms with Crippen LogP contribution < -0.4 is 9.64 Å². The van der Waals surface area contributed by atoms with E-state index in [2.05, 4.69) is 31.0 Å². The third kappa shape index (κ3) is 5.15. The quantitative estimate of drug-likeness (QED) is 0.610. The zero-order valence-corrected chi connectivity index (χ0v) is 16.8. The Morgan fingerprint density at radius 3 is 2.88 bits per heavy atom. The van der Waals surface area contributed by atoms with Crippen LogP contribution >= 0.6 is 27.3 Å². The average Bonchev–Trinajstić information content (AvgIpc) is 3.09. The van der Waals surface area contributed by atoms with Crippen molar-refractivity contribution in [2.24, 2.45) is 0 Å². The average molecular weight is 442 g/mol. The van der Waals surface area contributed by atoms with Crippen LogP contribution in [-0.4, -0.2) is 55.2 Å². The molecule has 0 amide bonds. The minimum absolute atomic E-state index is 0.0882. The number of benzene rings is 1. The lowest BCUT2D eigenvalue weighted by atomic mass is 10.2. The maximum absolute atomic E-state index is 11.6. The van der Waals surface area contributed by atoms with E-state index in [1.807, 2.05) is 0 Å². The second-order valence-corrected chi connectivity index (χ2v) is 7.89. The first-order valence-corrected chi connectivity index (χ1v) is 10.0. The molecule has 1 aliphatic rings. The number of halogens is 1.